The molecule has 0 aromatic heterocycles. The zero-order chi connectivity index (χ0) is 20.1. The molecule has 0 radical (unpaired) electrons. The van der Waals surface area contributed by atoms with Crippen molar-refractivity contribution in [3.05, 3.63) is 38.0 Å². The van der Waals surface area contributed by atoms with Gasteiger partial charge in [0.05, 0.1) is 0 Å². The molecule has 0 saturated heterocycles. The first-order valence-electron chi connectivity index (χ1n) is 8.08. The normalized spacial score (nSPS) is 8.19. The average molecular weight is 391 g/mol. The summed E-state index contributed by atoms with van der Waals surface area (Å²) < 4.78 is 0. The van der Waals surface area contributed by atoms with Crippen molar-refractivity contribution >= 4 is 30.1 Å². The molecule has 0 aromatic carbocycles. The quantitative estimate of drug-likeness (QED) is 0.408. The fourth-order valence-electron chi connectivity index (χ4n) is 1.10. The van der Waals surface area contributed by atoms with Crippen LogP contribution < -0.4 is 16.0 Å². The van der Waals surface area contributed by atoms with Crippen LogP contribution in [0.4, 0.5) is 0 Å². The Morgan fingerprint density at radius 2 is 1.31 bits per heavy atom. The van der Waals surface area contributed by atoms with Gasteiger partial charge in [-0.3, -0.25) is 14.4 Å². The van der Waals surface area contributed by atoms with Crippen LogP contribution in [-0.2, 0) is 14.4 Å². The van der Waals surface area contributed by atoms with Crippen LogP contribution in [0.3, 0.4) is 0 Å². The highest BCUT2D eigenvalue weighted by Gasteiger charge is 1.93. The van der Waals surface area contributed by atoms with Crippen molar-refractivity contribution in [1.82, 2.24) is 20.9 Å². The summed E-state index contributed by atoms with van der Waals surface area (Å²) in [5.41, 5.74) is 0. The van der Waals surface area contributed by atoms with Crippen LogP contribution in [-0.4, -0.2) is 63.4 Å². The van der Waals surface area contributed by atoms with Gasteiger partial charge in [0.15, 0.2) is 0 Å². The van der Waals surface area contributed by atoms with Gasteiger partial charge < -0.3 is 20.9 Å². The Bertz CT molecular complexity index is 413. The molecular weight excluding hydrogens is 356 g/mol. The van der Waals surface area contributed by atoms with E-state index in [1.165, 1.54) is 18.2 Å². The van der Waals surface area contributed by atoms with E-state index in [0.717, 1.165) is 32.5 Å². The Morgan fingerprint density at radius 1 is 0.885 bits per heavy atom. The maximum Gasteiger partial charge on any atom is 0.243 e. The Balaban J connectivity index is -0.000000144. The van der Waals surface area contributed by atoms with E-state index in [4.69, 9.17) is 0 Å². The van der Waals surface area contributed by atoms with Crippen LogP contribution in [0.25, 0.3) is 0 Å². The molecule has 8 heteroatoms. The molecule has 26 heavy (non-hydrogen) atoms. The fourth-order valence-corrected chi connectivity index (χ4v) is 1.10. The lowest BCUT2D eigenvalue weighted by molar-refractivity contribution is -0.117. The Kier molecular flexibility index (Phi) is 30.6. The van der Waals surface area contributed by atoms with Crippen molar-refractivity contribution in [2.75, 3.05) is 40.8 Å². The smallest absolute Gasteiger partial charge is 0.243 e. The standard InChI is InChI=1S/C8H16N2O.C6H11NO.C4H7NO.ClH/c1-4-8(11)9-6-5-7-10(2)3;1-3-5-7-6(8)4-2;1-3-4(6)5-2;/h4H,1,5-7H2,2-3H3,(H,9,11);4H,2-3,5H2,1H3,(H,7,8);3H,1H2,2H3,(H,5,6);1H. The zero-order valence-electron chi connectivity index (χ0n) is 16.5. The molecule has 0 unspecified atom stereocenters. The molecule has 3 amide bonds. The first-order chi connectivity index (χ1) is 11.8. The number of rotatable bonds is 9. The van der Waals surface area contributed by atoms with Gasteiger partial charge in [0.25, 0.3) is 0 Å². The molecule has 0 heterocycles. The van der Waals surface area contributed by atoms with Crippen molar-refractivity contribution in [2.45, 2.75) is 19.8 Å². The summed E-state index contributed by atoms with van der Waals surface area (Å²) in [4.78, 5) is 33.0. The van der Waals surface area contributed by atoms with E-state index in [0.29, 0.717) is 0 Å². The van der Waals surface area contributed by atoms with Gasteiger partial charge in [-0.15, -0.1) is 12.4 Å². The minimum atomic E-state index is -0.144. The second kappa shape index (κ2) is 25.1. The number of halogens is 1. The number of hydrogen-bond acceptors (Lipinski definition) is 4. The van der Waals surface area contributed by atoms with Crippen molar-refractivity contribution in [2.24, 2.45) is 0 Å². The van der Waals surface area contributed by atoms with Crippen molar-refractivity contribution in [1.29, 1.82) is 0 Å². The molecule has 0 atom stereocenters. The second-order valence-corrected chi connectivity index (χ2v) is 4.97. The zero-order valence-corrected chi connectivity index (χ0v) is 17.3. The molecule has 0 saturated carbocycles. The molecule has 0 spiro atoms. The highest BCUT2D eigenvalue weighted by atomic mass is 35.5. The number of nitrogens with zero attached hydrogens (tertiary/aromatic N) is 1. The van der Waals surface area contributed by atoms with Crippen LogP contribution in [0.1, 0.15) is 19.8 Å². The van der Waals surface area contributed by atoms with Gasteiger partial charge in [-0.05, 0) is 51.7 Å². The van der Waals surface area contributed by atoms with Crippen LogP contribution >= 0.6 is 12.4 Å². The number of carbonyl (C=O) groups is 3. The van der Waals surface area contributed by atoms with Crippen LogP contribution in [0.2, 0.25) is 0 Å². The molecular formula is C18H35ClN4O3. The Labute approximate surface area is 164 Å². The topological polar surface area (TPSA) is 90.5 Å². The molecule has 7 nitrogen and oxygen atoms in total. The van der Waals surface area contributed by atoms with E-state index in [2.05, 4.69) is 40.6 Å². The average Bonchev–Trinajstić information content (AvgIpc) is 2.62. The lowest BCUT2D eigenvalue weighted by atomic mass is 10.4. The lowest BCUT2D eigenvalue weighted by Crippen LogP contribution is -2.25. The first-order valence-corrected chi connectivity index (χ1v) is 8.08. The first kappa shape index (κ1) is 31.6. The van der Waals surface area contributed by atoms with Gasteiger partial charge in [-0.2, -0.15) is 0 Å². The van der Waals surface area contributed by atoms with Gasteiger partial charge in [0.2, 0.25) is 17.7 Å². The molecule has 152 valence electrons. The van der Waals surface area contributed by atoms with E-state index in [9.17, 15) is 14.4 Å². The highest BCUT2D eigenvalue weighted by molar-refractivity contribution is 5.87. The van der Waals surface area contributed by atoms with E-state index in [1.54, 1.807) is 7.05 Å². The van der Waals surface area contributed by atoms with Gasteiger partial charge in [0, 0.05) is 20.1 Å². The lowest BCUT2D eigenvalue weighted by Gasteiger charge is -2.08. The van der Waals surface area contributed by atoms with Crippen LogP contribution in [0.15, 0.2) is 38.0 Å². The van der Waals surface area contributed by atoms with E-state index >= 15 is 0 Å². The van der Waals surface area contributed by atoms with Crippen molar-refractivity contribution < 1.29 is 14.4 Å². The minimum Gasteiger partial charge on any atom is -0.356 e. The molecule has 0 aliphatic carbocycles. The maximum absolute atomic E-state index is 10.6. The SMILES string of the molecule is C=CC(=O)NC.C=CC(=O)NCCC.C=CC(=O)NCCCN(C)C.Cl. The highest BCUT2D eigenvalue weighted by Crippen LogP contribution is 1.80. The third-order valence-electron chi connectivity index (χ3n) is 2.43. The molecule has 0 rings (SSSR count). The number of amides is 3. The molecule has 3 N–H and O–H groups in total. The van der Waals surface area contributed by atoms with Gasteiger partial charge in [-0.1, -0.05) is 26.7 Å². The van der Waals surface area contributed by atoms with Crippen LogP contribution in [0, 0.1) is 0 Å². The summed E-state index contributed by atoms with van der Waals surface area (Å²) in [6, 6.07) is 0. The largest absolute Gasteiger partial charge is 0.356 e. The number of nitrogens with one attached hydrogen (secondary N) is 3. The van der Waals surface area contributed by atoms with Crippen LogP contribution in [0.5, 0.6) is 0 Å². The Morgan fingerprint density at radius 3 is 1.58 bits per heavy atom. The predicted molar refractivity (Wildman–Crippen MR) is 111 cm³/mol. The maximum atomic E-state index is 10.6. The summed E-state index contributed by atoms with van der Waals surface area (Å²) >= 11 is 0. The minimum absolute atomic E-state index is 0. The van der Waals surface area contributed by atoms with Crippen molar-refractivity contribution in [3.8, 4) is 0 Å². The van der Waals surface area contributed by atoms with E-state index < -0.39 is 0 Å². The molecule has 0 fully saturated rings. The molecule has 0 aliphatic rings. The predicted octanol–water partition coefficient (Wildman–Crippen LogP) is 1.28. The summed E-state index contributed by atoms with van der Waals surface area (Å²) in [6.45, 7) is 14.3. The van der Waals surface area contributed by atoms with Gasteiger partial charge in [-0.25, -0.2) is 0 Å². The van der Waals surface area contributed by atoms with Gasteiger partial charge >= 0.3 is 0 Å². The number of hydrogen-bond donors (Lipinski definition) is 3. The summed E-state index contributed by atoms with van der Waals surface area (Å²) in [5, 5.41) is 7.69. The van der Waals surface area contributed by atoms with Gasteiger partial charge in [0.1, 0.15) is 0 Å². The summed E-state index contributed by atoms with van der Waals surface area (Å²) in [5.74, 6) is -0.328. The summed E-state index contributed by atoms with van der Waals surface area (Å²) in [6.07, 6.45) is 5.73. The van der Waals surface area contributed by atoms with E-state index in [-0.39, 0.29) is 30.1 Å². The van der Waals surface area contributed by atoms with E-state index in [1.807, 2.05) is 21.0 Å². The molecule has 0 aromatic rings. The second-order valence-electron chi connectivity index (χ2n) is 4.97. The van der Waals surface area contributed by atoms with Crippen molar-refractivity contribution in [3.63, 3.8) is 0 Å². The number of carbonyl (C=O) groups excluding carboxylic acids is 3. The third kappa shape index (κ3) is 33.5. The summed E-state index contributed by atoms with van der Waals surface area (Å²) in [7, 11) is 5.58. The monoisotopic (exact) mass is 390 g/mol. The molecule has 0 bridgehead atoms. The fraction of sp³-hybridized carbons (Fsp3) is 0.500. The molecule has 0 aliphatic heterocycles. The third-order valence-corrected chi connectivity index (χ3v) is 2.43. The Hall–Kier alpha value is -2.12. The number of likely N-dealkylation sites (N-methyl/N-ethyl adjacent to an activating group) is 1.